The first-order valence-corrected chi connectivity index (χ1v) is 4.99. The Hall–Kier alpha value is -0.870. The molecule has 0 fully saturated rings. The number of nitrogens with two attached hydrogens (primary N) is 1. The number of aliphatic carboxylic acids is 1. The van der Waals surface area contributed by atoms with Crippen LogP contribution in [0.4, 0.5) is 0 Å². The van der Waals surface area contributed by atoms with Gasteiger partial charge in [-0.25, -0.2) is 0 Å². The minimum absolute atomic E-state index is 0.201. The number of aryl methyl sites for hydroxylation is 1. The number of thiophene rings is 1. The van der Waals surface area contributed by atoms with Crippen molar-refractivity contribution < 1.29 is 9.90 Å². The summed E-state index contributed by atoms with van der Waals surface area (Å²) < 4.78 is 0. The van der Waals surface area contributed by atoms with Gasteiger partial charge < -0.3 is 10.8 Å². The number of hydrogen-bond acceptors (Lipinski definition) is 3. The lowest BCUT2D eigenvalue weighted by atomic mass is 10.0. The van der Waals surface area contributed by atoms with Crippen molar-refractivity contribution in [3.05, 3.63) is 21.9 Å². The van der Waals surface area contributed by atoms with Crippen LogP contribution in [0.1, 0.15) is 10.4 Å². The van der Waals surface area contributed by atoms with Crippen molar-refractivity contribution >= 4 is 17.3 Å². The van der Waals surface area contributed by atoms with Crippen LogP contribution >= 0.6 is 11.3 Å². The van der Waals surface area contributed by atoms with Gasteiger partial charge in [0.15, 0.2) is 0 Å². The zero-order valence-electron chi connectivity index (χ0n) is 7.49. The van der Waals surface area contributed by atoms with Gasteiger partial charge in [-0.2, -0.15) is 0 Å². The third-order valence-electron chi connectivity index (χ3n) is 2.03. The van der Waals surface area contributed by atoms with Gasteiger partial charge in [0.25, 0.3) is 0 Å². The monoisotopic (exact) mass is 199 g/mol. The van der Waals surface area contributed by atoms with E-state index >= 15 is 0 Å². The summed E-state index contributed by atoms with van der Waals surface area (Å²) in [5.41, 5.74) is 6.52. The third kappa shape index (κ3) is 2.54. The Morgan fingerprint density at radius 1 is 1.77 bits per heavy atom. The van der Waals surface area contributed by atoms with Crippen LogP contribution in [0.5, 0.6) is 0 Å². The van der Waals surface area contributed by atoms with Crippen LogP contribution in [0.25, 0.3) is 0 Å². The normalized spacial score (nSPS) is 12.8. The molecular weight excluding hydrogens is 186 g/mol. The first-order chi connectivity index (χ1) is 6.15. The molecule has 0 saturated carbocycles. The molecule has 1 rings (SSSR count). The third-order valence-corrected chi connectivity index (χ3v) is 3.08. The van der Waals surface area contributed by atoms with Gasteiger partial charge in [0.1, 0.15) is 0 Å². The van der Waals surface area contributed by atoms with E-state index in [9.17, 15) is 4.79 Å². The van der Waals surface area contributed by atoms with Gasteiger partial charge in [-0.05, 0) is 30.4 Å². The van der Waals surface area contributed by atoms with Crippen molar-refractivity contribution in [2.45, 2.75) is 13.3 Å². The molecule has 0 aromatic carbocycles. The molecule has 0 bridgehead atoms. The van der Waals surface area contributed by atoms with Crippen molar-refractivity contribution in [1.29, 1.82) is 0 Å². The summed E-state index contributed by atoms with van der Waals surface area (Å²) in [6, 6.07) is 2.00. The summed E-state index contributed by atoms with van der Waals surface area (Å²) in [6.07, 6.45) is 0.551. The minimum atomic E-state index is -0.810. The van der Waals surface area contributed by atoms with Gasteiger partial charge in [0, 0.05) is 11.4 Å². The molecule has 0 aliphatic heterocycles. The van der Waals surface area contributed by atoms with Gasteiger partial charge in [0.2, 0.25) is 0 Å². The Balaban J connectivity index is 2.67. The standard InChI is InChI=1S/C9H13NO2S/c1-6-2-3-13-8(6)4-7(5-10)9(11)12/h2-3,7H,4-5,10H2,1H3,(H,11,12). The fourth-order valence-electron chi connectivity index (χ4n) is 1.11. The summed E-state index contributed by atoms with van der Waals surface area (Å²) >= 11 is 1.59. The van der Waals surface area contributed by atoms with Gasteiger partial charge in [0.05, 0.1) is 5.92 Å². The number of rotatable bonds is 4. The summed E-state index contributed by atoms with van der Waals surface area (Å²) in [5.74, 6) is -1.26. The van der Waals surface area contributed by atoms with Gasteiger partial charge in [-0.3, -0.25) is 4.79 Å². The number of carboxylic acids is 1. The molecular formula is C9H13NO2S. The van der Waals surface area contributed by atoms with E-state index in [2.05, 4.69) is 0 Å². The van der Waals surface area contributed by atoms with E-state index in [0.717, 1.165) is 10.4 Å². The zero-order valence-corrected chi connectivity index (χ0v) is 8.30. The lowest BCUT2D eigenvalue weighted by Gasteiger charge is -2.08. The second-order valence-corrected chi connectivity index (χ2v) is 4.00. The minimum Gasteiger partial charge on any atom is -0.481 e. The molecule has 0 saturated heterocycles. The fourth-order valence-corrected chi connectivity index (χ4v) is 2.10. The van der Waals surface area contributed by atoms with E-state index < -0.39 is 11.9 Å². The molecule has 1 aromatic rings. The predicted molar refractivity (Wildman–Crippen MR) is 52.9 cm³/mol. The molecule has 13 heavy (non-hydrogen) atoms. The van der Waals surface area contributed by atoms with Crippen LogP contribution in [-0.4, -0.2) is 17.6 Å². The molecule has 0 radical (unpaired) electrons. The molecule has 0 aliphatic carbocycles. The number of carbonyl (C=O) groups is 1. The van der Waals surface area contributed by atoms with Gasteiger partial charge in [-0.15, -0.1) is 11.3 Å². The average Bonchev–Trinajstić information content (AvgIpc) is 2.46. The lowest BCUT2D eigenvalue weighted by molar-refractivity contribution is -0.141. The highest BCUT2D eigenvalue weighted by molar-refractivity contribution is 7.10. The number of carboxylic acid groups (broad SMARTS) is 1. The van der Waals surface area contributed by atoms with Crippen LogP contribution in [-0.2, 0) is 11.2 Å². The second kappa shape index (κ2) is 4.39. The first kappa shape index (κ1) is 10.2. The van der Waals surface area contributed by atoms with Crippen molar-refractivity contribution in [2.24, 2.45) is 11.7 Å². The Labute approximate surface area is 81.2 Å². The maximum absolute atomic E-state index is 10.7. The van der Waals surface area contributed by atoms with Crippen molar-refractivity contribution in [1.82, 2.24) is 0 Å². The lowest BCUT2D eigenvalue weighted by Crippen LogP contribution is -2.25. The van der Waals surface area contributed by atoms with Crippen LogP contribution < -0.4 is 5.73 Å². The molecule has 3 N–H and O–H groups in total. The van der Waals surface area contributed by atoms with E-state index in [0.29, 0.717) is 6.42 Å². The molecule has 0 aliphatic rings. The van der Waals surface area contributed by atoms with Crippen LogP contribution in [0, 0.1) is 12.8 Å². The summed E-state index contributed by atoms with van der Waals surface area (Å²) in [5, 5.41) is 10.8. The van der Waals surface area contributed by atoms with Crippen LogP contribution in [0.3, 0.4) is 0 Å². The van der Waals surface area contributed by atoms with E-state index in [-0.39, 0.29) is 6.54 Å². The maximum Gasteiger partial charge on any atom is 0.308 e. The highest BCUT2D eigenvalue weighted by Gasteiger charge is 2.17. The highest BCUT2D eigenvalue weighted by atomic mass is 32.1. The van der Waals surface area contributed by atoms with E-state index in [4.69, 9.17) is 10.8 Å². The molecule has 1 atom stereocenters. The molecule has 72 valence electrons. The van der Waals surface area contributed by atoms with Crippen molar-refractivity contribution in [2.75, 3.05) is 6.54 Å². The van der Waals surface area contributed by atoms with Crippen molar-refractivity contribution in [3.63, 3.8) is 0 Å². The molecule has 1 aromatic heterocycles. The number of hydrogen-bond donors (Lipinski definition) is 2. The van der Waals surface area contributed by atoms with Crippen LogP contribution in [0.15, 0.2) is 11.4 Å². The highest BCUT2D eigenvalue weighted by Crippen LogP contribution is 2.19. The second-order valence-electron chi connectivity index (χ2n) is 3.00. The van der Waals surface area contributed by atoms with E-state index in [1.807, 2.05) is 18.4 Å². The van der Waals surface area contributed by atoms with Crippen LogP contribution in [0.2, 0.25) is 0 Å². The Bertz CT molecular complexity index is 296. The Morgan fingerprint density at radius 3 is 2.85 bits per heavy atom. The van der Waals surface area contributed by atoms with Gasteiger partial charge >= 0.3 is 5.97 Å². The fraction of sp³-hybridized carbons (Fsp3) is 0.444. The van der Waals surface area contributed by atoms with E-state index in [1.54, 1.807) is 11.3 Å². The molecule has 3 nitrogen and oxygen atoms in total. The molecule has 1 unspecified atom stereocenters. The largest absolute Gasteiger partial charge is 0.481 e. The first-order valence-electron chi connectivity index (χ1n) is 4.11. The molecule has 0 spiro atoms. The summed E-state index contributed by atoms with van der Waals surface area (Å²) in [6.45, 7) is 2.19. The van der Waals surface area contributed by atoms with E-state index in [1.165, 1.54) is 0 Å². The maximum atomic E-state index is 10.7. The smallest absolute Gasteiger partial charge is 0.308 e. The van der Waals surface area contributed by atoms with Gasteiger partial charge in [-0.1, -0.05) is 0 Å². The predicted octanol–water partition coefficient (Wildman–Crippen LogP) is 1.26. The average molecular weight is 199 g/mol. The Morgan fingerprint density at radius 2 is 2.46 bits per heavy atom. The Kier molecular flexibility index (Phi) is 3.45. The summed E-state index contributed by atoms with van der Waals surface area (Å²) in [7, 11) is 0. The molecule has 1 heterocycles. The van der Waals surface area contributed by atoms with Crippen molar-refractivity contribution in [3.8, 4) is 0 Å². The quantitative estimate of drug-likeness (QED) is 0.767. The summed E-state index contributed by atoms with van der Waals surface area (Å²) in [4.78, 5) is 11.8. The molecule has 0 amide bonds. The molecule has 4 heteroatoms. The topological polar surface area (TPSA) is 63.3 Å². The SMILES string of the molecule is Cc1ccsc1CC(CN)C(=O)O. The zero-order chi connectivity index (χ0) is 9.84.